The minimum absolute atomic E-state index is 0.0875. The number of ether oxygens (including phenoxy) is 2. The molecule has 3 rings (SSSR count). The number of nitrogens with zero attached hydrogens (tertiary/aromatic N) is 1. The molecule has 8 nitrogen and oxygen atoms in total. The largest absolute Gasteiger partial charge is 0.493 e. The fraction of sp³-hybridized carbons (Fsp3) is 0.448. The Balaban J connectivity index is 1.53. The first-order valence-electron chi connectivity index (χ1n) is 13.3. The molecule has 1 atom stereocenters. The van der Waals surface area contributed by atoms with E-state index in [0.717, 1.165) is 32.1 Å². The van der Waals surface area contributed by atoms with Crippen molar-refractivity contribution in [2.75, 3.05) is 26.3 Å². The Morgan fingerprint density at radius 1 is 1.03 bits per heavy atom. The molecule has 1 heterocycles. The van der Waals surface area contributed by atoms with E-state index in [9.17, 15) is 14.4 Å². The molecule has 1 unspecified atom stereocenters. The highest BCUT2D eigenvalue weighted by molar-refractivity contribution is 7.80. The van der Waals surface area contributed by atoms with Crippen LogP contribution in [0.1, 0.15) is 61.4 Å². The van der Waals surface area contributed by atoms with Crippen LogP contribution in [-0.4, -0.2) is 60.1 Å². The molecular weight excluding hydrogens is 502 g/mol. The first-order valence-corrected chi connectivity index (χ1v) is 13.7. The summed E-state index contributed by atoms with van der Waals surface area (Å²) in [5.41, 5.74) is 1.53. The lowest BCUT2D eigenvalue weighted by Gasteiger charge is -2.36. The smallest absolute Gasteiger partial charge is 0.308 e. The van der Waals surface area contributed by atoms with Gasteiger partial charge in [0, 0.05) is 13.1 Å². The zero-order valence-corrected chi connectivity index (χ0v) is 22.8. The highest BCUT2D eigenvalue weighted by Crippen LogP contribution is 2.19. The molecule has 0 spiro atoms. The van der Waals surface area contributed by atoms with Gasteiger partial charge in [-0.1, -0.05) is 68.7 Å². The first kappa shape index (κ1) is 29.1. The van der Waals surface area contributed by atoms with Gasteiger partial charge < -0.3 is 19.7 Å². The van der Waals surface area contributed by atoms with Gasteiger partial charge >= 0.3 is 5.97 Å². The molecule has 0 radical (unpaired) electrons. The second-order valence-corrected chi connectivity index (χ2v) is 9.57. The van der Waals surface area contributed by atoms with E-state index >= 15 is 0 Å². The Kier molecular flexibility index (Phi) is 12.0. The number of carbonyl (C=O) groups is 3. The standard InChI is InChI=1S/C29H37N3O5S/c1-2-3-4-10-19-36-25-16-9-8-15-23(25)27(34)31-29(38)32-18-17-30-28(35)24(32)21-26(33)37-20-11-14-22-12-6-5-7-13-22/h5-9,12-13,15-16,24H,2-4,10-11,14,17-21H2,1H3,(H,30,35)(H,31,34,38). The molecule has 0 aromatic heterocycles. The summed E-state index contributed by atoms with van der Waals surface area (Å²) in [5, 5.41) is 5.57. The number of hydrogen-bond acceptors (Lipinski definition) is 6. The van der Waals surface area contributed by atoms with Crippen molar-refractivity contribution in [1.82, 2.24) is 15.5 Å². The number of nitrogens with one attached hydrogen (secondary N) is 2. The van der Waals surface area contributed by atoms with Crippen LogP contribution in [-0.2, 0) is 20.7 Å². The molecule has 0 aliphatic carbocycles. The van der Waals surface area contributed by atoms with E-state index in [2.05, 4.69) is 17.6 Å². The molecule has 2 aromatic rings. The van der Waals surface area contributed by atoms with Crippen LogP contribution in [0.3, 0.4) is 0 Å². The molecule has 204 valence electrons. The third kappa shape index (κ3) is 9.13. The van der Waals surface area contributed by atoms with Gasteiger partial charge in [0.1, 0.15) is 11.8 Å². The summed E-state index contributed by atoms with van der Waals surface area (Å²) in [6.45, 7) is 3.66. The van der Waals surface area contributed by atoms with Crippen molar-refractivity contribution < 1.29 is 23.9 Å². The van der Waals surface area contributed by atoms with Crippen molar-refractivity contribution in [3.63, 3.8) is 0 Å². The van der Waals surface area contributed by atoms with Crippen molar-refractivity contribution in [3.8, 4) is 5.75 Å². The highest BCUT2D eigenvalue weighted by Gasteiger charge is 2.34. The van der Waals surface area contributed by atoms with Crippen LogP contribution in [0.5, 0.6) is 5.75 Å². The third-order valence-electron chi connectivity index (χ3n) is 6.27. The molecule has 1 saturated heterocycles. The SMILES string of the molecule is CCCCCCOc1ccccc1C(=O)NC(=S)N1CCNC(=O)C1CC(=O)OCCCc1ccccc1. The van der Waals surface area contributed by atoms with E-state index in [-0.39, 0.29) is 24.0 Å². The summed E-state index contributed by atoms with van der Waals surface area (Å²) < 4.78 is 11.2. The molecule has 1 aliphatic heterocycles. The van der Waals surface area contributed by atoms with Crippen LogP contribution in [0.15, 0.2) is 54.6 Å². The lowest BCUT2D eigenvalue weighted by Crippen LogP contribution is -2.60. The number of unbranched alkanes of at least 4 members (excludes halogenated alkanes) is 3. The average molecular weight is 540 g/mol. The quantitative estimate of drug-likeness (QED) is 0.225. The number of para-hydroxylation sites is 1. The molecule has 0 bridgehead atoms. The van der Waals surface area contributed by atoms with Gasteiger partial charge in [0.05, 0.1) is 25.2 Å². The number of rotatable bonds is 13. The van der Waals surface area contributed by atoms with Gasteiger partial charge in [0.15, 0.2) is 5.11 Å². The van der Waals surface area contributed by atoms with E-state index in [1.165, 1.54) is 5.56 Å². The van der Waals surface area contributed by atoms with Gasteiger partial charge in [0.2, 0.25) is 5.91 Å². The normalized spacial score (nSPS) is 14.9. The third-order valence-corrected chi connectivity index (χ3v) is 6.61. The Morgan fingerprint density at radius 3 is 2.58 bits per heavy atom. The lowest BCUT2D eigenvalue weighted by atomic mass is 10.1. The van der Waals surface area contributed by atoms with Crippen LogP contribution in [0, 0.1) is 0 Å². The zero-order chi connectivity index (χ0) is 27.2. The maximum atomic E-state index is 13.1. The Labute approximate surface area is 230 Å². The van der Waals surface area contributed by atoms with Gasteiger partial charge in [-0.15, -0.1) is 0 Å². The zero-order valence-electron chi connectivity index (χ0n) is 21.9. The van der Waals surface area contributed by atoms with Crippen LogP contribution in [0.4, 0.5) is 0 Å². The Bertz CT molecular complexity index is 1080. The minimum atomic E-state index is -0.858. The van der Waals surface area contributed by atoms with E-state index in [4.69, 9.17) is 21.7 Å². The summed E-state index contributed by atoms with van der Waals surface area (Å²) in [4.78, 5) is 39.8. The van der Waals surface area contributed by atoms with E-state index in [0.29, 0.717) is 37.4 Å². The van der Waals surface area contributed by atoms with Gasteiger partial charge in [-0.3, -0.25) is 19.7 Å². The molecule has 2 amide bonds. The average Bonchev–Trinajstić information content (AvgIpc) is 2.93. The predicted octanol–water partition coefficient (Wildman–Crippen LogP) is 4.03. The van der Waals surface area contributed by atoms with Crippen LogP contribution < -0.4 is 15.4 Å². The molecule has 0 saturated carbocycles. The first-order chi connectivity index (χ1) is 18.5. The number of aryl methyl sites for hydroxylation is 1. The number of esters is 1. The van der Waals surface area contributed by atoms with Gasteiger partial charge in [-0.05, 0) is 49.2 Å². The van der Waals surface area contributed by atoms with Crippen molar-refractivity contribution in [2.24, 2.45) is 0 Å². The summed E-state index contributed by atoms with van der Waals surface area (Å²) in [5.74, 6) is -0.755. The van der Waals surface area contributed by atoms with Crippen molar-refractivity contribution >= 4 is 35.1 Å². The molecule has 1 aliphatic rings. The number of hydrogen-bond donors (Lipinski definition) is 2. The fourth-order valence-electron chi connectivity index (χ4n) is 4.21. The lowest BCUT2D eigenvalue weighted by molar-refractivity contribution is -0.147. The molecule has 9 heteroatoms. The van der Waals surface area contributed by atoms with Gasteiger partial charge in [-0.2, -0.15) is 0 Å². The maximum Gasteiger partial charge on any atom is 0.308 e. The summed E-state index contributed by atoms with van der Waals surface area (Å²) >= 11 is 5.49. The van der Waals surface area contributed by atoms with E-state index < -0.39 is 17.9 Å². The molecule has 38 heavy (non-hydrogen) atoms. The van der Waals surface area contributed by atoms with Crippen molar-refractivity contribution in [3.05, 3.63) is 65.7 Å². The molecular formula is C29H37N3O5S. The second kappa shape index (κ2) is 15.7. The Hall–Kier alpha value is -3.46. The topological polar surface area (TPSA) is 97.0 Å². The van der Waals surface area contributed by atoms with Gasteiger partial charge in [0.25, 0.3) is 5.91 Å². The highest BCUT2D eigenvalue weighted by atomic mass is 32.1. The molecule has 2 aromatic carbocycles. The maximum absolute atomic E-state index is 13.1. The molecule has 2 N–H and O–H groups in total. The number of amides is 2. The number of benzene rings is 2. The number of carbonyl (C=O) groups excluding carboxylic acids is 3. The number of piperazine rings is 1. The van der Waals surface area contributed by atoms with E-state index in [1.807, 2.05) is 36.4 Å². The van der Waals surface area contributed by atoms with Crippen molar-refractivity contribution in [1.29, 1.82) is 0 Å². The Morgan fingerprint density at radius 2 is 1.79 bits per heavy atom. The second-order valence-electron chi connectivity index (χ2n) is 9.18. The van der Waals surface area contributed by atoms with E-state index in [1.54, 1.807) is 23.1 Å². The van der Waals surface area contributed by atoms with Crippen molar-refractivity contribution in [2.45, 2.75) is 57.9 Å². The molecule has 1 fully saturated rings. The summed E-state index contributed by atoms with van der Waals surface area (Å²) in [6.07, 6.45) is 5.58. The number of thiocarbonyl (C=S) groups is 1. The summed E-state index contributed by atoms with van der Waals surface area (Å²) in [7, 11) is 0. The van der Waals surface area contributed by atoms with Crippen LogP contribution in [0.25, 0.3) is 0 Å². The minimum Gasteiger partial charge on any atom is -0.493 e. The monoisotopic (exact) mass is 539 g/mol. The van der Waals surface area contributed by atoms with Gasteiger partial charge in [-0.25, -0.2) is 0 Å². The van der Waals surface area contributed by atoms with Crippen LogP contribution >= 0.6 is 12.2 Å². The van der Waals surface area contributed by atoms with Crippen LogP contribution in [0.2, 0.25) is 0 Å². The summed E-state index contributed by atoms with van der Waals surface area (Å²) in [6, 6.07) is 16.1. The predicted molar refractivity (Wildman–Crippen MR) is 150 cm³/mol. The fourth-order valence-corrected chi connectivity index (χ4v) is 4.52.